The largest absolute Gasteiger partial charge is 0.353 e. The average Bonchev–Trinajstić information content (AvgIpc) is 2.46. The van der Waals surface area contributed by atoms with Crippen LogP contribution < -0.4 is 10.6 Å². The van der Waals surface area contributed by atoms with Crippen LogP contribution in [0.3, 0.4) is 0 Å². The molecule has 5 nitrogen and oxygen atoms in total. The van der Waals surface area contributed by atoms with Crippen LogP contribution in [0.5, 0.6) is 0 Å². The minimum atomic E-state index is -0.0120. The van der Waals surface area contributed by atoms with Crippen LogP contribution in [0, 0.1) is 5.92 Å². The number of hydrogen-bond donors (Lipinski definition) is 2. The van der Waals surface area contributed by atoms with Crippen molar-refractivity contribution in [3.63, 3.8) is 0 Å². The maximum atomic E-state index is 12.4. The van der Waals surface area contributed by atoms with Crippen LogP contribution in [0.2, 0.25) is 0 Å². The second kappa shape index (κ2) is 7.07. The molecule has 2 saturated heterocycles. The zero-order valence-electron chi connectivity index (χ0n) is 14.1. The third-order valence-electron chi connectivity index (χ3n) is 5.11. The summed E-state index contributed by atoms with van der Waals surface area (Å²) in [6.07, 6.45) is 2.32. The number of piperazine rings is 1. The van der Waals surface area contributed by atoms with E-state index in [9.17, 15) is 4.79 Å². The van der Waals surface area contributed by atoms with Crippen molar-refractivity contribution < 1.29 is 4.79 Å². The van der Waals surface area contributed by atoms with E-state index >= 15 is 0 Å². The van der Waals surface area contributed by atoms with Crippen molar-refractivity contribution in [1.82, 2.24) is 20.4 Å². The smallest absolute Gasteiger partial charge is 0.237 e. The maximum absolute atomic E-state index is 12.4. The number of nitrogens with zero attached hydrogens (tertiary/aromatic N) is 2. The SMILES string of the molecule is CC1CCCNC1C(=O)NCC(C)(C)N1CCN(C)CC1. The molecule has 0 aromatic rings. The van der Waals surface area contributed by atoms with Gasteiger partial charge in [0.2, 0.25) is 5.91 Å². The summed E-state index contributed by atoms with van der Waals surface area (Å²) < 4.78 is 0. The zero-order chi connectivity index (χ0) is 15.5. The van der Waals surface area contributed by atoms with Crippen LogP contribution in [-0.4, -0.2) is 73.6 Å². The highest BCUT2D eigenvalue weighted by Gasteiger charge is 2.32. The Morgan fingerprint density at radius 2 is 1.95 bits per heavy atom. The van der Waals surface area contributed by atoms with Crippen molar-refractivity contribution >= 4 is 5.91 Å². The molecule has 2 N–H and O–H groups in total. The monoisotopic (exact) mass is 296 g/mol. The molecule has 0 aromatic carbocycles. The summed E-state index contributed by atoms with van der Waals surface area (Å²) in [6.45, 7) is 12.7. The first-order chi connectivity index (χ1) is 9.90. The van der Waals surface area contributed by atoms with E-state index in [4.69, 9.17) is 0 Å². The van der Waals surface area contributed by atoms with Gasteiger partial charge in [-0.3, -0.25) is 9.69 Å². The van der Waals surface area contributed by atoms with Gasteiger partial charge in [-0.25, -0.2) is 0 Å². The Balaban J connectivity index is 1.81. The number of hydrogen-bond acceptors (Lipinski definition) is 4. The molecule has 122 valence electrons. The molecule has 2 atom stereocenters. The number of rotatable bonds is 4. The van der Waals surface area contributed by atoms with Crippen LogP contribution >= 0.6 is 0 Å². The Morgan fingerprint density at radius 3 is 2.57 bits per heavy atom. The first-order valence-corrected chi connectivity index (χ1v) is 8.35. The van der Waals surface area contributed by atoms with E-state index < -0.39 is 0 Å². The van der Waals surface area contributed by atoms with Gasteiger partial charge in [0.15, 0.2) is 0 Å². The molecule has 21 heavy (non-hydrogen) atoms. The standard InChI is InChI=1S/C16H32N4O/c1-13-6-5-7-17-14(13)15(21)18-12-16(2,3)20-10-8-19(4)9-11-20/h13-14,17H,5-12H2,1-4H3,(H,18,21). The van der Waals surface area contributed by atoms with Gasteiger partial charge in [-0.05, 0) is 46.2 Å². The molecule has 0 aliphatic carbocycles. The molecule has 5 heteroatoms. The first kappa shape index (κ1) is 16.7. The second-order valence-corrected chi connectivity index (χ2v) is 7.37. The fourth-order valence-electron chi connectivity index (χ4n) is 3.34. The molecule has 2 heterocycles. The number of amides is 1. The number of carbonyl (C=O) groups is 1. The molecular formula is C16H32N4O. The van der Waals surface area contributed by atoms with E-state index in [1.807, 2.05) is 0 Å². The lowest BCUT2D eigenvalue weighted by molar-refractivity contribution is -0.125. The minimum Gasteiger partial charge on any atom is -0.353 e. The summed E-state index contributed by atoms with van der Waals surface area (Å²) in [7, 11) is 2.17. The Hall–Kier alpha value is -0.650. The Kier molecular flexibility index (Phi) is 5.63. The average molecular weight is 296 g/mol. The molecule has 0 bridgehead atoms. The van der Waals surface area contributed by atoms with Gasteiger partial charge in [0.1, 0.15) is 0 Å². The fraction of sp³-hybridized carbons (Fsp3) is 0.938. The first-order valence-electron chi connectivity index (χ1n) is 8.35. The summed E-state index contributed by atoms with van der Waals surface area (Å²) in [4.78, 5) is 17.2. The number of carbonyl (C=O) groups excluding carboxylic acids is 1. The van der Waals surface area contributed by atoms with Gasteiger partial charge in [0, 0.05) is 38.3 Å². The molecule has 2 fully saturated rings. The van der Waals surface area contributed by atoms with Crippen molar-refractivity contribution in [2.75, 3.05) is 46.3 Å². The number of likely N-dealkylation sites (N-methyl/N-ethyl adjacent to an activating group) is 1. The predicted octanol–water partition coefficient (Wildman–Crippen LogP) is 0.517. The van der Waals surface area contributed by atoms with Crippen molar-refractivity contribution in [3.8, 4) is 0 Å². The van der Waals surface area contributed by atoms with Crippen LogP contribution in [0.1, 0.15) is 33.6 Å². The van der Waals surface area contributed by atoms with E-state index in [2.05, 4.69) is 48.3 Å². The van der Waals surface area contributed by atoms with Crippen LogP contribution in [0.25, 0.3) is 0 Å². The predicted molar refractivity (Wildman–Crippen MR) is 86.3 cm³/mol. The molecule has 2 aliphatic heterocycles. The van der Waals surface area contributed by atoms with Gasteiger partial charge in [-0.2, -0.15) is 0 Å². The van der Waals surface area contributed by atoms with Gasteiger partial charge in [-0.15, -0.1) is 0 Å². The van der Waals surface area contributed by atoms with E-state index in [0.29, 0.717) is 5.92 Å². The lowest BCUT2D eigenvalue weighted by Crippen LogP contribution is -2.59. The molecule has 2 unspecified atom stereocenters. The van der Waals surface area contributed by atoms with E-state index in [1.54, 1.807) is 0 Å². The van der Waals surface area contributed by atoms with Crippen LogP contribution in [0.4, 0.5) is 0 Å². The highest BCUT2D eigenvalue weighted by Crippen LogP contribution is 2.18. The van der Waals surface area contributed by atoms with E-state index in [-0.39, 0.29) is 17.5 Å². The quantitative estimate of drug-likeness (QED) is 0.794. The fourth-order valence-corrected chi connectivity index (χ4v) is 3.34. The molecule has 0 saturated carbocycles. The van der Waals surface area contributed by atoms with Crippen molar-refractivity contribution in [1.29, 1.82) is 0 Å². The highest BCUT2D eigenvalue weighted by molar-refractivity contribution is 5.82. The second-order valence-electron chi connectivity index (χ2n) is 7.37. The Morgan fingerprint density at radius 1 is 1.29 bits per heavy atom. The summed E-state index contributed by atoms with van der Waals surface area (Å²) >= 11 is 0. The molecule has 0 aromatic heterocycles. The minimum absolute atomic E-state index is 0.0120. The van der Waals surface area contributed by atoms with Crippen LogP contribution in [-0.2, 0) is 4.79 Å². The molecule has 1 amide bonds. The summed E-state index contributed by atoms with van der Waals surface area (Å²) in [5, 5.41) is 6.53. The summed E-state index contributed by atoms with van der Waals surface area (Å²) in [6, 6.07) is -0.0120. The molecular weight excluding hydrogens is 264 g/mol. The maximum Gasteiger partial charge on any atom is 0.237 e. The Bertz CT molecular complexity index is 350. The van der Waals surface area contributed by atoms with Gasteiger partial charge >= 0.3 is 0 Å². The lowest BCUT2D eigenvalue weighted by Gasteiger charge is -2.43. The van der Waals surface area contributed by atoms with Gasteiger partial charge in [0.05, 0.1) is 6.04 Å². The van der Waals surface area contributed by atoms with Crippen LogP contribution in [0.15, 0.2) is 0 Å². The lowest BCUT2D eigenvalue weighted by atomic mass is 9.92. The normalized spacial score (nSPS) is 29.3. The molecule has 2 rings (SSSR count). The topological polar surface area (TPSA) is 47.6 Å². The molecule has 0 radical (unpaired) electrons. The third kappa shape index (κ3) is 4.41. The summed E-state index contributed by atoms with van der Waals surface area (Å²) in [5.74, 6) is 0.606. The highest BCUT2D eigenvalue weighted by atomic mass is 16.2. The number of piperidine rings is 1. The van der Waals surface area contributed by atoms with Crippen molar-refractivity contribution in [3.05, 3.63) is 0 Å². The molecule has 0 spiro atoms. The van der Waals surface area contributed by atoms with Crippen molar-refractivity contribution in [2.45, 2.75) is 45.2 Å². The Labute approximate surface area is 129 Å². The number of nitrogens with one attached hydrogen (secondary N) is 2. The van der Waals surface area contributed by atoms with Gasteiger partial charge in [-0.1, -0.05) is 6.92 Å². The van der Waals surface area contributed by atoms with E-state index in [1.165, 1.54) is 6.42 Å². The van der Waals surface area contributed by atoms with E-state index in [0.717, 1.165) is 45.7 Å². The molecule has 2 aliphatic rings. The third-order valence-corrected chi connectivity index (χ3v) is 5.11. The van der Waals surface area contributed by atoms with Gasteiger partial charge < -0.3 is 15.5 Å². The van der Waals surface area contributed by atoms with Gasteiger partial charge in [0.25, 0.3) is 0 Å². The summed E-state index contributed by atoms with van der Waals surface area (Å²) in [5.41, 5.74) is 0.0226. The van der Waals surface area contributed by atoms with Crippen molar-refractivity contribution in [2.24, 2.45) is 5.92 Å². The zero-order valence-corrected chi connectivity index (χ0v) is 14.1.